The molecule has 0 fully saturated rings. The van der Waals surface area contributed by atoms with Gasteiger partial charge in [0.05, 0.1) is 24.9 Å². The van der Waals surface area contributed by atoms with Gasteiger partial charge < -0.3 is 9.64 Å². The molecule has 0 N–H and O–H groups in total. The number of hydrogen-bond acceptors (Lipinski definition) is 4. The number of ether oxygens (including phenoxy) is 1. The average molecular weight is 365 g/mol. The molecule has 0 bridgehead atoms. The van der Waals surface area contributed by atoms with Gasteiger partial charge in [-0.1, -0.05) is 24.3 Å². The summed E-state index contributed by atoms with van der Waals surface area (Å²) >= 11 is 0. The van der Waals surface area contributed by atoms with Crippen molar-refractivity contribution < 1.29 is 9.53 Å². The molecule has 0 saturated heterocycles. The lowest BCUT2D eigenvalue weighted by Gasteiger charge is -2.18. The summed E-state index contributed by atoms with van der Waals surface area (Å²) in [5.74, 6) is 0.847. The highest BCUT2D eigenvalue weighted by Crippen LogP contribution is 2.14. The molecule has 6 nitrogen and oxygen atoms in total. The summed E-state index contributed by atoms with van der Waals surface area (Å²) in [6.45, 7) is 3.53. The first kappa shape index (κ1) is 18.6. The van der Waals surface area contributed by atoms with Crippen LogP contribution in [0.15, 0.2) is 59.5 Å². The Labute approximate surface area is 158 Å². The maximum absolute atomic E-state index is 12.5. The molecule has 3 rings (SSSR count). The van der Waals surface area contributed by atoms with Gasteiger partial charge in [0.15, 0.2) is 0 Å². The van der Waals surface area contributed by atoms with Gasteiger partial charge in [-0.15, -0.1) is 0 Å². The predicted octanol–water partition coefficient (Wildman–Crippen LogP) is 2.84. The second-order valence-electron chi connectivity index (χ2n) is 6.33. The van der Waals surface area contributed by atoms with Crippen LogP contribution in [0.4, 0.5) is 0 Å². The zero-order chi connectivity index (χ0) is 19.2. The average Bonchev–Trinajstić information content (AvgIpc) is 2.69. The van der Waals surface area contributed by atoms with Crippen LogP contribution < -0.4 is 10.2 Å². The third-order valence-corrected chi connectivity index (χ3v) is 4.38. The van der Waals surface area contributed by atoms with Crippen molar-refractivity contribution in [2.45, 2.75) is 26.4 Å². The van der Waals surface area contributed by atoms with E-state index in [1.54, 1.807) is 22.7 Å². The number of rotatable bonds is 7. The zero-order valence-corrected chi connectivity index (χ0v) is 15.6. The lowest BCUT2D eigenvalue weighted by Crippen LogP contribution is -2.27. The molecule has 0 spiro atoms. The molecular weight excluding hydrogens is 342 g/mol. The van der Waals surface area contributed by atoms with Crippen molar-refractivity contribution in [3.05, 3.63) is 70.5 Å². The minimum Gasteiger partial charge on any atom is -0.494 e. The Kier molecular flexibility index (Phi) is 5.86. The fourth-order valence-electron chi connectivity index (χ4n) is 2.95. The molecule has 0 saturated carbocycles. The largest absolute Gasteiger partial charge is 0.494 e. The third kappa shape index (κ3) is 4.53. The van der Waals surface area contributed by atoms with E-state index in [1.807, 2.05) is 49.4 Å². The molecule has 6 heteroatoms. The fourth-order valence-corrected chi connectivity index (χ4v) is 2.95. The molecule has 140 valence electrons. The maximum Gasteiger partial charge on any atom is 0.224 e. The number of hydrogen-bond donors (Lipinski definition) is 0. The van der Waals surface area contributed by atoms with Crippen molar-refractivity contribution in [2.75, 3.05) is 13.7 Å². The smallest absolute Gasteiger partial charge is 0.224 e. The van der Waals surface area contributed by atoms with E-state index in [-0.39, 0.29) is 11.3 Å². The first-order valence-electron chi connectivity index (χ1n) is 8.99. The van der Waals surface area contributed by atoms with E-state index >= 15 is 0 Å². The summed E-state index contributed by atoms with van der Waals surface area (Å²) in [5.41, 5.74) is 1.67. The van der Waals surface area contributed by atoms with Crippen LogP contribution in [0.3, 0.4) is 0 Å². The number of aromatic nitrogens is 2. The lowest BCUT2D eigenvalue weighted by molar-refractivity contribution is -0.130. The third-order valence-electron chi connectivity index (χ3n) is 4.38. The highest BCUT2D eigenvalue weighted by molar-refractivity contribution is 5.79. The van der Waals surface area contributed by atoms with Crippen molar-refractivity contribution in [2.24, 2.45) is 0 Å². The van der Waals surface area contributed by atoms with Crippen molar-refractivity contribution in [3.63, 3.8) is 0 Å². The van der Waals surface area contributed by atoms with Gasteiger partial charge in [0.1, 0.15) is 5.75 Å². The summed E-state index contributed by atoms with van der Waals surface area (Å²) < 4.78 is 7.14. The molecule has 1 aromatic heterocycles. The van der Waals surface area contributed by atoms with Crippen LogP contribution in [-0.2, 0) is 17.9 Å². The Hall–Kier alpha value is -3.15. The minimum atomic E-state index is -0.110. The molecular formula is C21H23N3O3. The molecule has 3 aromatic rings. The van der Waals surface area contributed by atoms with Crippen LogP contribution in [0.5, 0.6) is 5.75 Å². The summed E-state index contributed by atoms with van der Waals surface area (Å²) in [4.78, 5) is 26.1. The monoisotopic (exact) mass is 365 g/mol. The van der Waals surface area contributed by atoms with Gasteiger partial charge in [-0.05, 0) is 36.8 Å². The second kappa shape index (κ2) is 8.49. The SMILES string of the molecule is CCOc1ccc(CN(C)C(=O)CCn2ncc(=O)c3ccccc32)cc1. The van der Waals surface area contributed by atoms with Crippen LogP contribution in [-0.4, -0.2) is 34.2 Å². The second-order valence-corrected chi connectivity index (χ2v) is 6.33. The quantitative estimate of drug-likeness (QED) is 0.646. The van der Waals surface area contributed by atoms with Crippen molar-refractivity contribution in [1.29, 1.82) is 0 Å². The van der Waals surface area contributed by atoms with E-state index in [4.69, 9.17) is 4.74 Å². The predicted molar refractivity (Wildman–Crippen MR) is 105 cm³/mol. The van der Waals surface area contributed by atoms with Crippen LogP contribution in [0.1, 0.15) is 18.9 Å². The first-order chi connectivity index (χ1) is 13.1. The standard InChI is InChI=1S/C21H23N3O3/c1-3-27-17-10-8-16(9-11-17)15-23(2)21(26)12-13-24-19-7-5-4-6-18(19)20(25)14-22-24/h4-11,14H,3,12-13,15H2,1-2H3. The molecule has 1 amide bonds. The minimum absolute atomic E-state index is 0.0217. The summed E-state index contributed by atoms with van der Waals surface area (Å²) in [5, 5.41) is 4.78. The van der Waals surface area contributed by atoms with Gasteiger partial charge in [-0.25, -0.2) is 0 Å². The van der Waals surface area contributed by atoms with E-state index in [9.17, 15) is 9.59 Å². The van der Waals surface area contributed by atoms with E-state index < -0.39 is 0 Å². The van der Waals surface area contributed by atoms with Gasteiger partial charge in [0.2, 0.25) is 11.3 Å². The summed E-state index contributed by atoms with van der Waals surface area (Å²) in [6, 6.07) is 15.1. The van der Waals surface area contributed by atoms with Gasteiger partial charge >= 0.3 is 0 Å². The van der Waals surface area contributed by atoms with E-state index in [2.05, 4.69) is 5.10 Å². The van der Waals surface area contributed by atoms with Gasteiger partial charge in [-0.2, -0.15) is 5.10 Å². The molecule has 0 radical (unpaired) electrons. The number of carbonyl (C=O) groups excluding carboxylic acids is 1. The van der Waals surface area contributed by atoms with Crippen LogP contribution >= 0.6 is 0 Å². The molecule has 27 heavy (non-hydrogen) atoms. The number of carbonyl (C=O) groups is 1. The number of amides is 1. The maximum atomic E-state index is 12.5. The Morgan fingerprint density at radius 2 is 1.89 bits per heavy atom. The molecule has 1 heterocycles. The molecule has 0 atom stereocenters. The molecule has 0 unspecified atom stereocenters. The Balaban J connectivity index is 1.62. The number of nitrogens with zero attached hydrogens (tertiary/aromatic N) is 3. The first-order valence-corrected chi connectivity index (χ1v) is 8.99. The normalized spacial score (nSPS) is 10.7. The molecule has 2 aromatic carbocycles. The van der Waals surface area contributed by atoms with Crippen LogP contribution in [0.25, 0.3) is 10.9 Å². The van der Waals surface area contributed by atoms with Crippen LogP contribution in [0, 0.1) is 0 Å². The highest BCUT2D eigenvalue weighted by atomic mass is 16.5. The van der Waals surface area contributed by atoms with Gasteiger partial charge in [0, 0.05) is 25.4 Å². The number of aryl methyl sites for hydroxylation is 1. The summed E-state index contributed by atoms with van der Waals surface area (Å²) in [6.07, 6.45) is 1.61. The van der Waals surface area contributed by atoms with Gasteiger partial charge in [0.25, 0.3) is 0 Å². The fraction of sp³-hybridized carbons (Fsp3) is 0.286. The number of fused-ring (bicyclic) bond motifs is 1. The Morgan fingerprint density at radius 1 is 1.15 bits per heavy atom. The molecule has 0 aliphatic carbocycles. The molecule has 0 aliphatic rings. The van der Waals surface area contributed by atoms with Crippen molar-refractivity contribution in [1.82, 2.24) is 14.7 Å². The van der Waals surface area contributed by atoms with Gasteiger partial charge in [-0.3, -0.25) is 14.3 Å². The van der Waals surface area contributed by atoms with Crippen molar-refractivity contribution in [3.8, 4) is 5.75 Å². The number of para-hydroxylation sites is 1. The van der Waals surface area contributed by atoms with E-state index in [0.29, 0.717) is 31.5 Å². The topological polar surface area (TPSA) is 64.4 Å². The summed E-state index contributed by atoms with van der Waals surface area (Å²) in [7, 11) is 1.79. The van der Waals surface area contributed by atoms with E-state index in [0.717, 1.165) is 16.8 Å². The Bertz CT molecular complexity index is 980. The van der Waals surface area contributed by atoms with E-state index in [1.165, 1.54) is 6.20 Å². The number of benzene rings is 2. The van der Waals surface area contributed by atoms with Crippen molar-refractivity contribution >= 4 is 16.8 Å². The molecule has 0 aliphatic heterocycles. The Morgan fingerprint density at radius 3 is 2.63 bits per heavy atom. The lowest BCUT2D eigenvalue weighted by atomic mass is 10.2. The van der Waals surface area contributed by atoms with Crippen LogP contribution in [0.2, 0.25) is 0 Å². The zero-order valence-electron chi connectivity index (χ0n) is 15.6. The highest BCUT2D eigenvalue weighted by Gasteiger charge is 2.11.